The topological polar surface area (TPSA) is 70.4 Å². The Hall–Kier alpha value is -2.52. The maximum absolute atomic E-state index is 13.1. The number of rotatable bonds is 3. The minimum absolute atomic E-state index is 0.0400. The summed E-state index contributed by atoms with van der Waals surface area (Å²) < 4.78 is 32.7. The fourth-order valence-electron chi connectivity index (χ4n) is 2.80. The molecule has 1 aliphatic heterocycles. The minimum Gasteiger partial charge on any atom is -0.497 e. The Morgan fingerprint density at radius 2 is 2.00 bits per heavy atom. The summed E-state index contributed by atoms with van der Waals surface area (Å²) in [6, 6.07) is 13.7. The summed E-state index contributed by atoms with van der Waals surface area (Å²) >= 11 is 0. The number of anilines is 1. The van der Waals surface area contributed by atoms with Crippen LogP contribution in [-0.2, 0) is 16.4 Å². The van der Waals surface area contributed by atoms with E-state index in [0.717, 1.165) is 18.4 Å². The molecule has 0 bridgehead atoms. The largest absolute Gasteiger partial charge is 0.497 e. The summed E-state index contributed by atoms with van der Waals surface area (Å²) in [6.45, 7) is 0.391. The number of nitriles is 1. The summed E-state index contributed by atoms with van der Waals surface area (Å²) in [5.74, 6) is 0.611. The zero-order valence-corrected chi connectivity index (χ0v) is 13.5. The Balaban J connectivity index is 2.15. The number of fused-ring (bicyclic) bond motifs is 1. The summed E-state index contributed by atoms with van der Waals surface area (Å²) in [5.41, 5.74) is 1.75. The van der Waals surface area contributed by atoms with Crippen molar-refractivity contribution in [2.24, 2.45) is 0 Å². The van der Waals surface area contributed by atoms with Crippen molar-refractivity contribution >= 4 is 15.7 Å². The number of hydrogen-bond donors (Lipinski definition) is 0. The lowest BCUT2D eigenvalue weighted by molar-refractivity contribution is 0.414. The van der Waals surface area contributed by atoms with Crippen LogP contribution in [0.5, 0.6) is 5.75 Å². The van der Waals surface area contributed by atoms with Crippen LogP contribution in [0.1, 0.15) is 17.5 Å². The molecule has 5 nitrogen and oxygen atoms in total. The maximum atomic E-state index is 13.1. The Morgan fingerprint density at radius 1 is 1.22 bits per heavy atom. The quantitative estimate of drug-likeness (QED) is 0.868. The van der Waals surface area contributed by atoms with Gasteiger partial charge in [-0.3, -0.25) is 4.31 Å². The average Bonchev–Trinajstić information content (AvgIpc) is 2.60. The highest BCUT2D eigenvalue weighted by molar-refractivity contribution is 7.92. The second kappa shape index (κ2) is 5.94. The van der Waals surface area contributed by atoms with Crippen LogP contribution in [-0.4, -0.2) is 22.1 Å². The first-order valence-electron chi connectivity index (χ1n) is 7.26. The molecule has 1 aliphatic rings. The zero-order chi connectivity index (χ0) is 16.4. The first-order valence-corrected chi connectivity index (χ1v) is 8.70. The number of hydrogen-bond acceptors (Lipinski definition) is 4. The molecule has 0 aromatic heterocycles. The first-order chi connectivity index (χ1) is 11.1. The van der Waals surface area contributed by atoms with Crippen LogP contribution in [0.15, 0.2) is 47.4 Å². The van der Waals surface area contributed by atoms with E-state index in [9.17, 15) is 13.7 Å². The first kappa shape index (κ1) is 15.4. The molecule has 0 amide bonds. The SMILES string of the molecule is COc1ccc2c(c1)N(S(=O)(=O)c1ccccc1C#N)CCC2. The fraction of sp³-hybridized carbons (Fsp3) is 0.235. The summed E-state index contributed by atoms with van der Waals surface area (Å²) in [5, 5.41) is 9.20. The van der Waals surface area contributed by atoms with E-state index in [0.29, 0.717) is 18.0 Å². The summed E-state index contributed by atoms with van der Waals surface area (Å²) in [7, 11) is -2.24. The van der Waals surface area contributed by atoms with Gasteiger partial charge in [-0.2, -0.15) is 5.26 Å². The van der Waals surface area contributed by atoms with E-state index in [-0.39, 0.29) is 10.5 Å². The molecule has 0 radical (unpaired) electrons. The second-order valence-corrected chi connectivity index (χ2v) is 7.11. The van der Waals surface area contributed by atoms with E-state index in [1.165, 1.54) is 16.4 Å². The summed E-state index contributed by atoms with van der Waals surface area (Å²) in [4.78, 5) is 0.0400. The predicted molar refractivity (Wildman–Crippen MR) is 87.0 cm³/mol. The van der Waals surface area contributed by atoms with Gasteiger partial charge in [-0.05, 0) is 36.6 Å². The molecule has 3 rings (SSSR count). The molecule has 118 valence electrons. The van der Waals surface area contributed by atoms with Crippen LogP contribution >= 0.6 is 0 Å². The van der Waals surface area contributed by atoms with Crippen molar-refractivity contribution in [3.05, 3.63) is 53.6 Å². The number of nitrogens with zero attached hydrogens (tertiary/aromatic N) is 2. The molecule has 0 fully saturated rings. The average molecular weight is 328 g/mol. The monoisotopic (exact) mass is 328 g/mol. The van der Waals surface area contributed by atoms with E-state index in [4.69, 9.17) is 4.74 Å². The highest BCUT2D eigenvalue weighted by Crippen LogP contribution is 2.35. The number of methoxy groups -OCH3 is 1. The molecule has 0 unspecified atom stereocenters. The Bertz CT molecular complexity index is 885. The number of aryl methyl sites for hydroxylation is 1. The molecule has 0 aliphatic carbocycles. The highest BCUT2D eigenvalue weighted by Gasteiger charge is 2.31. The molecule has 0 N–H and O–H groups in total. The zero-order valence-electron chi connectivity index (χ0n) is 12.7. The Kier molecular flexibility index (Phi) is 3.97. The second-order valence-electron chi connectivity index (χ2n) is 5.28. The van der Waals surface area contributed by atoms with Crippen molar-refractivity contribution < 1.29 is 13.2 Å². The van der Waals surface area contributed by atoms with Gasteiger partial charge in [0.05, 0.1) is 18.4 Å². The van der Waals surface area contributed by atoms with Crippen LogP contribution in [0.25, 0.3) is 0 Å². The van der Waals surface area contributed by atoms with Gasteiger partial charge in [0.15, 0.2) is 0 Å². The van der Waals surface area contributed by atoms with Crippen molar-refractivity contribution in [3.8, 4) is 11.8 Å². The predicted octanol–water partition coefficient (Wildman–Crippen LogP) is 2.71. The Morgan fingerprint density at radius 3 is 2.74 bits per heavy atom. The molecule has 0 atom stereocenters. The normalized spacial score (nSPS) is 14.0. The smallest absolute Gasteiger partial charge is 0.265 e. The lowest BCUT2D eigenvalue weighted by Crippen LogP contribution is -2.35. The molecule has 0 saturated carbocycles. The lowest BCUT2D eigenvalue weighted by atomic mass is 10.0. The third kappa shape index (κ3) is 2.64. The standard InChI is InChI=1S/C17H16N2O3S/c1-22-15-9-8-13-6-4-10-19(16(13)11-15)23(20,21)17-7-3-2-5-14(17)12-18/h2-3,5,7-9,11H,4,6,10H2,1H3. The van der Waals surface area contributed by atoms with Gasteiger partial charge >= 0.3 is 0 Å². The van der Waals surface area contributed by atoms with Crippen LogP contribution < -0.4 is 9.04 Å². The fourth-order valence-corrected chi connectivity index (χ4v) is 4.48. The van der Waals surface area contributed by atoms with Crippen LogP contribution in [0.4, 0.5) is 5.69 Å². The van der Waals surface area contributed by atoms with Gasteiger partial charge in [0.2, 0.25) is 0 Å². The third-order valence-electron chi connectivity index (χ3n) is 3.94. The summed E-state index contributed by atoms with van der Waals surface area (Å²) in [6.07, 6.45) is 1.57. The van der Waals surface area contributed by atoms with Gasteiger partial charge in [-0.15, -0.1) is 0 Å². The van der Waals surface area contributed by atoms with Crippen molar-refractivity contribution in [1.82, 2.24) is 0 Å². The molecule has 2 aromatic carbocycles. The Labute approximate surface area is 135 Å². The van der Waals surface area contributed by atoms with Gasteiger partial charge in [-0.25, -0.2) is 8.42 Å². The van der Waals surface area contributed by atoms with Crippen molar-refractivity contribution in [2.75, 3.05) is 18.0 Å². The van der Waals surface area contributed by atoms with Gasteiger partial charge in [0, 0.05) is 12.6 Å². The van der Waals surface area contributed by atoms with Gasteiger partial charge in [0.25, 0.3) is 10.0 Å². The molecule has 0 saturated heterocycles. The van der Waals surface area contributed by atoms with Crippen molar-refractivity contribution in [2.45, 2.75) is 17.7 Å². The van der Waals surface area contributed by atoms with Crippen molar-refractivity contribution in [3.63, 3.8) is 0 Å². The van der Waals surface area contributed by atoms with E-state index in [1.807, 2.05) is 18.2 Å². The van der Waals surface area contributed by atoms with E-state index in [1.54, 1.807) is 25.3 Å². The molecule has 6 heteroatoms. The van der Waals surface area contributed by atoms with Crippen LogP contribution in [0, 0.1) is 11.3 Å². The van der Waals surface area contributed by atoms with Crippen LogP contribution in [0.2, 0.25) is 0 Å². The minimum atomic E-state index is -3.79. The van der Waals surface area contributed by atoms with Crippen molar-refractivity contribution in [1.29, 1.82) is 5.26 Å². The van der Waals surface area contributed by atoms with E-state index >= 15 is 0 Å². The molecule has 1 heterocycles. The van der Waals surface area contributed by atoms with Gasteiger partial charge in [-0.1, -0.05) is 18.2 Å². The molecule has 23 heavy (non-hydrogen) atoms. The third-order valence-corrected chi connectivity index (χ3v) is 5.82. The number of benzene rings is 2. The highest BCUT2D eigenvalue weighted by atomic mass is 32.2. The van der Waals surface area contributed by atoms with E-state index in [2.05, 4.69) is 0 Å². The molecular weight excluding hydrogens is 312 g/mol. The van der Waals surface area contributed by atoms with Crippen LogP contribution in [0.3, 0.4) is 0 Å². The maximum Gasteiger partial charge on any atom is 0.265 e. The van der Waals surface area contributed by atoms with Gasteiger partial charge < -0.3 is 4.74 Å². The number of sulfonamides is 1. The molecule has 0 spiro atoms. The molecular formula is C17H16N2O3S. The van der Waals surface area contributed by atoms with Gasteiger partial charge in [0.1, 0.15) is 16.7 Å². The van der Waals surface area contributed by atoms with E-state index < -0.39 is 10.0 Å². The number of ether oxygens (including phenoxy) is 1. The molecule has 2 aromatic rings. The lowest BCUT2D eigenvalue weighted by Gasteiger charge is -2.31.